The van der Waals surface area contributed by atoms with Crippen LogP contribution in [0.5, 0.6) is 11.5 Å². The average molecular weight is 371 g/mol. The molecule has 1 fully saturated rings. The van der Waals surface area contributed by atoms with Crippen molar-refractivity contribution >= 4 is 27.5 Å². The second-order valence-electron chi connectivity index (χ2n) is 6.26. The quantitative estimate of drug-likeness (QED) is 0.706. The summed E-state index contributed by atoms with van der Waals surface area (Å²) in [6, 6.07) is 9.73. The number of rotatable bonds is 3. The molecule has 0 unspecified atom stereocenters. The zero-order valence-corrected chi connectivity index (χ0v) is 15.1. The Balaban J connectivity index is 1.63. The Kier molecular flexibility index (Phi) is 4.57. The zero-order chi connectivity index (χ0) is 18.1. The number of para-hydroxylation sites is 1. The molecule has 0 bridgehead atoms. The standard InChI is InChI=1S/C19H18FN3O2S/c1-22-8-10-23(11-9-22)19(24)17-12-14-18(26-17)16(6-7-21-14)25-15-5-3-2-4-13(15)20/h2-7,12H,8-11H2,1H3. The molecule has 1 amide bonds. The molecule has 3 aromatic rings. The molecule has 134 valence electrons. The van der Waals surface area contributed by atoms with E-state index in [1.807, 2.05) is 4.90 Å². The van der Waals surface area contributed by atoms with E-state index >= 15 is 0 Å². The monoisotopic (exact) mass is 371 g/mol. The van der Waals surface area contributed by atoms with Gasteiger partial charge in [0.25, 0.3) is 5.91 Å². The van der Waals surface area contributed by atoms with Crippen LogP contribution >= 0.6 is 11.3 Å². The van der Waals surface area contributed by atoms with Gasteiger partial charge in [-0.05, 0) is 25.2 Å². The van der Waals surface area contributed by atoms with Crippen molar-refractivity contribution in [1.82, 2.24) is 14.8 Å². The van der Waals surface area contributed by atoms with Gasteiger partial charge in [-0.1, -0.05) is 12.1 Å². The first-order chi connectivity index (χ1) is 12.6. The molecule has 7 heteroatoms. The molecule has 3 heterocycles. The summed E-state index contributed by atoms with van der Waals surface area (Å²) < 4.78 is 20.4. The number of hydrogen-bond donors (Lipinski definition) is 0. The SMILES string of the molecule is CN1CCN(C(=O)c2cc3nccc(Oc4ccccc4F)c3s2)CC1. The lowest BCUT2D eigenvalue weighted by molar-refractivity contribution is 0.0669. The Labute approximate surface area is 154 Å². The van der Waals surface area contributed by atoms with Crippen molar-refractivity contribution in [2.24, 2.45) is 0 Å². The number of nitrogens with zero attached hydrogens (tertiary/aromatic N) is 3. The summed E-state index contributed by atoms with van der Waals surface area (Å²) in [4.78, 5) is 21.8. The predicted molar refractivity (Wildman–Crippen MR) is 99.5 cm³/mol. The Morgan fingerprint density at radius 2 is 1.92 bits per heavy atom. The number of likely N-dealkylation sites (N-methyl/N-ethyl adjacent to an activating group) is 1. The number of ether oxygens (including phenoxy) is 1. The zero-order valence-electron chi connectivity index (χ0n) is 14.3. The van der Waals surface area contributed by atoms with Crippen molar-refractivity contribution in [2.45, 2.75) is 0 Å². The third-order valence-corrected chi connectivity index (χ3v) is 5.56. The van der Waals surface area contributed by atoms with E-state index in [4.69, 9.17) is 4.74 Å². The Hall–Kier alpha value is -2.51. The minimum absolute atomic E-state index is 0.0120. The second kappa shape index (κ2) is 7.01. The lowest BCUT2D eigenvalue weighted by Gasteiger charge is -2.32. The van der Waals surface area contributed by atoms with E-state index in [1.165, 1.54) is 17.4 Å². The van der Waals surface area contributed by atoms with Crippen molar-refractivity contribution in [3.8, 4) is 11.5 Å². The number of thiophene rings is 1. The summed E-state index contributed by atoms with van der Waals surface area (Å²) in [5.41, 5.74) is 0.682. The number of pyridine rings is 1. The van der Waals surface area contributed by atoms with E-state index in [1.54, 1.807) is 36.5 Å². The highest BCUT2D eigenvalue weighted by molar-refractivity contribution is 7.21. The molecule has 1 aromatic carbocycles. The topological polar surface area (TPSA) is 45.7 Å². The molecular formula is C19H18FN3O2S. The first-order valence-corrected chi connectivity index (χ1v) is 9.22. The summed E-state index contributed by atoms with van der Waals surface area (Å²) in [6.45, 7) is 3.18. The van der Waals surface area contributed by atoms with Gasteiger partial charge >= 0.3 is 0 Å². The van der Waals surface area contributed by atoms with Crippen LogP contribution in [0.15, 0.2) is 42.6 Å². The van der Waals surface area contributed by atoms with Gasteiger partial charge in [0, 0.05) is 38.4 Å². The van der Waals surface area contributed by atoms with E-state index in [-0.39, 0.29) is 11.7 Å². The van der Waals surface area contributed by atoms with Gasteiger partial charge in [-0.3, -0.25) is 9.78 Å². The van der Waals surface area contributed by atoms with Gasteiger partial charge in [-0.2, -0.15) is 0 Å². The molecule has 0 aliphatic carbocycles. The van der Waals surface area contributed by atoms with Gasteiger partial charge in [-0.25, -0.2) is 4.39 Å². The van der Waals surface area contributed by atoms with E-state index in [0.717, 1.165) is 30.9 Å². The number of halogens is 1. The number of aromatic nitrogens is 1. The van der Waals surface area contributed by atoms with Gasteiger partial charge in [0.15, 0.2) is 11.6 Å². The summed E-state index contributed by atoms with van der Waals surface area (Å²) in [7, 11) is 2.05. The molecule has 1 aliphatic heterocycles. The molecule has 1 aliphatic rings. The smallest absolute Gasteiger partial charge is 0.264 e. The maximum atomic E-state index is 13.9. The third kappa shape index (κ3) is 3.27. The second-order valence-corrected chi connectivity index (χ2v) is 7.31. The Morgan fingerprint density at radius 1 is 1.15 bits per heavy atom. The third-order valence-electron chi connectivity index (χ3n) is 4.43. The lowest BCUT2D eigenvalue weighted by atomic mass is 10.3. The van der Waals surface area contributed by atoms with Gasteiger partial charge in [0.1, 0.15) is 5.75 Å². The highest BCUT2D eigenvalue weighted by Gasteiger charge is 2.23. The van der Waals surface area contributed by atoms with E-state index < -0.39 is 5.82 Å². The Bertz CT molecular complexity index is 951. The lowest BCUT2D eigenvalue weighted by Crippen LogP contribution is -2.46. The molecule has 0 spiro atoms. The van der Waals surface area contributed by atoms with Crippen molar-refractivity contribution in [3.63, 3.8) is 0 Å². The number of piperazine rings is 1. The molecule has 0 radical (unpaired) electrons. The van der Waals surface area contributed by atoms with Crippen LogP contribution in [0.25, 0.3) is 10.2 Å². The van der Waals surface area contributed by atoms with E-state index in [0.29, 0.717) is 16.1 Å². The summed E-state index contributed by atoms with van der Waals surface area (Å²) in [6.07, 6.45) is 1.61. The van der Waals surface area contributed by atoms with Crippen molar-refractivity contribution < 1.29 is 13.9 Å². The van der Waals surface area contributed by atoms with Crippen LogP contribution in [0, 0.1) is 5.82 Å². The number of hydrogen-bond acceptors (Lipinski definition) is 5. The maximum Gasteiger partial charge on any atom is 0.264 e. The van der Waals surface area contributed by atoms with Crippen LogP contribution in [0.2, 0.25) is 0 Å². The number of benzene rings is 1. The fourth-order valence-corrected chi connectivity index (χ4v) is 3.95. The van der Waals surface area contributed by atoms with Crippen LogP contribution in [-0.2, 0) is 0 Å². The molecule has 4 rings (SSSR count). The molecule has 0 atom stereocenters. The van der Waals surface area contributed by atoms with Gasteiger partial charge in [-0.15, -0.1) is 11.3 Å². The first-order valence-electron chi connectivity index (χ1n) is 8.40. The number of fused-ring (bicyclic) bond motifs is 1. The molecule has 2 aromatic heterocycles. The highest BCUT2D eigenvalue weighted by atomic mass is 32.1. The number of amides is 1. The predicted octanol–water partition coefficient (Wildman–Crippen LogP) is 3.62. The summed E-state index contributed by atoms with van der Waals surface area (Å²) in [5, 5.41) is 0. The summed E-state index contributed by atoms with van der Waals surface area (Å²) in [5.74, 6) is 0.239. The molecule has 0 N–H and O–H groups in total. The van der Waals surface area contributed by atoms with E-state index in [9.17, 15) is 9.18 Å². The van der Waals surface area contributed by atoms with Gasteiger partial charge < -0.3 is 14.5 Å². The van der Waals surface area contributed by atoms with Crippen LogP contribution < -0.4 is 4.74 Å². The van der Waals surface area contributed by atoms with Crippen LogP contribution in [0.1, 0.15) is 9.67 Å². The van der Waals surface area contributed by atoms with Gasteiger partial charge in [0.05, 0.1) is 15.1 Å². The first kappa shape index (κ1) is 16.9. The number of carbonyl (C=O) groups excluding carboxylic acids is 1. The maximum absolute atomic E-state index is 13.9. The van der Waals surface area contributed by atoms with Crippen LogP contribution in [-0.4, -0.2) is 53.9 Å². The molecule has 26 heavy (non-hydrogen) atoms. The minimum atomic E-state index is -0.428. The minimum Gasteiger partial charge on any atom is -0.453 e. The average Bonchev–Trinajstić information content (AvgIpc) is 3.09. The van der Waals surface area contributed by atoms with Crippen LogP contribution in [0.3, 0.4) is 0 Å². The van der Waals surface area contributed by atoms with Crippen molar-refractivity contribution in [2.75, 3.05) is 33.2 Å². The number of carbonyl (C=O) groups is 1. The molecule has 1 saturated heterocycles. The van der Waals surface area contributed by atoms with Crippen molar-refractivity contribution in [3.05, 3.63) is 53.3 Å². The fourth-order valence-electron chi connectivity index (χ4n) is 2.91. The fraction of sp³-hybridized carbons (Fsp3) is 0.263. The van der Waals surface area contributed by atoms with Crippen molar-refractivity contribution in [1.29, 1.82) is 0 Å². The molecular weight excluding hydrogens is 353 g/mol. The summed E-state index contributed by atoms with van der Waals surface area (Å²) >= 11 is 1.34. The normalized spacial score (nSPS) is 15.4. The van der Waals surface area contributed by atoms with Crippen LogP contribution in [0.4, 0.5) is 4.39 Å². The largest absolute Gasteiger partial charge is 0.453 e. The Morgan fingerprint density at radius 3 is 2.69 bits per heavy atom. The molecule has 5 nitrogen and oxygen atoms in total. The molecule has 0 saturated carbocycles. The highest BCUT2D eigenvalue weighted by Crippen LogP contribution is 2.36. The van der Waals surface area contributed by atoms with Gasteiger partial charge in [0.2, 0.25) is 0 Å². The van der Waals surface area contributed by atoms with E-state index in [2.05, 4.69) is 16.9 Å².